The highest BCUT2D eigenvalue weighted by atomic mass is 32.1. The Morgan fingerprint density at radius 1 is 0.722 bits per heavy atom. The van der Waals surface area contributed by atoms with E-state index in [1.54, 1.807) is 15.7 Å². The lowest BCUT2D eigenvalue weighted by molar-refractivity contribution is -0.160. The zero-order valence-corrected chi connectivity index (χ0v) is 59.0. The Morgan fingerprint density at radius 2 is 1.13 bits per heavy atom. The summed E-state index contributed by atoms with van der Waals surface area (Å²) in [4.78, 5) is 127. The van der Waals surface area contributed by atoms with E-state index in [1.165, 1.54) is 41.8 Å². The van der Waals surface area contributed by atoms with Gasteiger partial charge in [0, 0.05) is 52.4 Å². The number of hydrogen-bond acceptors (Lipinski definition) is 20. The van der Waals surface area contributed by atoms with Gasteiger partial charge in [0.1, 0.15) is 26.7 Å². The molecule has 90 heavy (non-hydrogen) atoms. The van der Waals surface area contributed by atoms with Gasteiger partial charge < -0.3 is 44.1 Å². The lowest BCUT2D eigenvalue weighted by atomic mass is 9.90. The Labute approximate surface area is 545 Å². The number of aliphatic carboxylic acids is 1. The predicted octanol–water partition coefficient (Wildman–Crippen LogP) is 12.1. The number of ether oxygens (including phenoxy) is 4. The maximum Gasteiger partial charge on any atom is 0.357 e. The van der Waals surface area contributed by atoms with Crippen LogP contribution in [0, 0.1) is 23.7 Å². The van der Waals surface area contributed by atoms with Crippen molar-refractivity contribution in [2.24, 2.45) is 28.8 Å². The zero-order chi connectivity index (χ0) is 67.5. The number of thiazole rings is 2. The summed E-state index contributed by atoms with van der Waals surface area (Å²) in [5.41, 5.74) is 9.57. The van der Waals surface area contributed by atoms with Crippen LogP contribution in [-0.4, -0.2) is 178 Å². The summed E-state index contributed by atoms with van der Waals surface area (Å²) < 4.78 is 31.1. The fourth-order valence-corrected chi connectivity index (χ4v) is 11.8. The largest absolute Gasteiger partial charge is 0.480 e. The van der Waals surface area contributed by atoms with Gasteiger partial charge in [-0.3, -0.25) is 38.6 Å². The van der Waals surface area contributed by atoms with Crippen molar-refractivity contribution in [3.05, 3.63) is 42.6 Å². The average Bonchev–Trinajstić information content (AvgIpc) is 1.13. The molecule has 0 spiro atoms. The SMILES string of the molecule is C.CCCC(=O)OCN(C(=O)C(N=[N+]=[N-])C(C)CC)[C@H](C[C@@H](C)c1nc(C(=O)OC)cs1)C(C)C.CCCC(=O)OCN(C(=O)C(NC(=O)C1CCCCN1C)C(C)CC)[C@H](C[C@@H](C)c1nc(C(=O)OC)cs1)C(C)C.CN1CCCCC1C(=O)O.OPPF. The van der Waals surface area contributed by atoms with Crippen LogP contribution in [0.1, 0.15) is 223 Å². The Kier molecular flexibility index (Phi) is 43.6. The molecule has 0 saturated carbocycles. The van der Waals surface area contributed by atoms with Crippen LogP contribution in [0.15, 0.2) is 15.9 Å². The summed E-state index contributed by atoms with van der Waals surface area (Å²) in [5, 5.41) is 20.4. The van der Waals surface area contributed by atoms with Gasteiger partial charge in [0.25, 0.3) is 0 Å². The number of carboxylic acid groups (broad SMARTS) is 1. The van der Waals surface area contributed by atoms with Crippen molar-refractivity contribution in [3.8, 4) is 0 Å². The van der Waals surface area contributed by atoms with Gasteiger partial charge in [0.05, 0.1) is 38.8 Å². The molecule has 0 aromatic carbocycles. The first-order chi connectivity index (χ1) is 42.2. The topological polar surface area (TPSA) is 313 Å². The molecule has 2 saturated heterocycles. The minimum atomic E-state index is -0.901. The number of carbonyl (C=O) groups is 8. The normalized spacial score (nSPS) is 17.7. The highest BCUT2D eigenvalue weighted by Crippen LogP contribution is 2.34. The van der Waals surface area contributed by atoms with Crippen molar-refractivity contribution in [1.29, 1.82) is 0 Å². The van der Waals surface area contributed by atoms with Crippen LogP contribution in [-0.2, 0) is 47.7 Å². The first-order valence-electron chi connectivity index (χ1n) is 30.9. The first kappa shape index (κ1) is 85.0. The van der Waals surface area contributed by atoms with Gasteiger partial charge in [0.15, 0.2) is 24.8 Å². The molecule has 3 N–H and O–H groups in total. The molecular formula is C61H107FN10O14P2S2. The maximum absolute atomic E-state index is 14.3. The minimum Gasteiger partial charge on any atom is -0.480 e. The van der Waals surface area contributed by atoms with Crippen LogP contribution in [0.5, 0.6) is 0 Å². The molecule has 8 unspecified atom stereocenters. The molecule has 3 amide bonds. The van der Waals surface area contributed by atoms with E-state index in [0.717, 1.165) is 61.6 Å². The number of likely N-dealkylation sites (tertiary alicyclic amines) is 2. The molecule has 2 aromatic rings. The summed E-state index contributed by atoms with van der Waals surface area (Å²) in [7, 11) is 5.17. The summed E-state index contributed by atoms with van der Waals surface area (Å²) in [6, 6.07) is -2.78. The first-order valence-corrected chi connectivity index (χ1v) is 35.5. The van der Waals surface area contributed by atoms with Crippen LogP contribution < -0.4 is 5.32 Å². The van der Waals surface area contributed by atoms with Crippen molar-refractivity contribution < 1.29 is 71.5 Å². The number of azide groups is 1. The van der Waals surface area contributed by atoms with Gasteiger partial charge >= 0.3 is 29.8 Å². The van der Waals surface area contributed by atoms with E-state index in [0.29, 0.717) is 38.5 Å². The number of aromatic nitrogens is 2. The molecule has 4 heterocycles. The van der Waals surface area contributed by atoms with E-state index in [2.05, 4.69) is 30.2 Å². The number of carbonyl (C=O) groups excluding carboxylic acids is 7. The molecule has 2 fully saturated rings. The fraction of sp³-hybridized carbons (Fsp3) is 0.770. The number of esters is 4. The molecular weight excluding hydrogens is 1240 g/mol. The zero-order valence-electron chi connectivity index (χ0n) is 55.3. The highest BCUT2D eigenvalue weighted by molar-refractivity contribution is 8.06. The van der Waals surface area contributed by atoms with Crippen molar-refractivity contribution >= 4 is 87.3 Å². The number of amides is 3. The second kappa shape index (κ2) is 46.1. The highest BCUT2D eigenvalue weighted by Gasteiger charge is 2.39. The standard InChI is InChI=1S/C30H50N4O6S.C23H37N5O5S.C7H13NO2.CH4.FH3OP2/c1-9-13-25(35)40-18-34(24(19(3)4)16-21(6)28-31-22(17-41-28)30(38)39-8)29(37)26(20(5)10-2)32-27(36)23-14-11-12-15-33(23)7;1-8-10-19(29)33-13-28(22(30)20(26-27-24)15(5)9-2)18(14(3)4)11-16(6)21-25-17(12-34-21)23(31)32-7;1-8-5-3-2-4-6(8)7(9)10;;1-3-4-2/h17,19-21,23-24,26H,9-16,18H2,1-8H3,(H,32,36);12,14-16,18,20H,8-11,13H2,1-7H3;6H,2-5H2,1H3,(H,9,10);1H4;2-4H/t20?,21-,23?,24-,26?;15?,16-,18-,20?;;;/m11.../s1. The van der Waals surface area contributed by atoms with Crippen molar-refractivity contribution in [2.75, 3.05) is 54.9 Å². The average molecular weight is 1350 g/mol. The second-order valence-electron chi connectivity index (χ2n) is 23.4. The Bertz CT molecular complexity index is 2530. The summed E-state index contributed by atoms with van der Waals surface area (Å²) in [5.74, 6) is -3.61. The summed E-state index contributed by atoms with van der Waals surface area (Å²) in [6.45, 7) is 24.9. The Hall–Kier alpha value is -5.00. The lowest BCUT2D eigenvalue weighted by Gasteiger charge is -2.39. The molecule has 29 heteroatoms. The Balaban J connectivity index is 0.00000145. The molecule has 514 valence electrons. The van der Waals surface area contributed by atoms with Crippen LogP contribution >= 0.6 is 39.7 Å². The number of rotatable bonds is 31. The third-order valence-corrected chi connectivity index (χ3v) is 18.5. The summed E-state index contributed by atoms with van der Waals surface area (Å²) in [6.07, 6.45) is 10.00. The molecule has 2 aliphatic rings. The van der Waals surface area contributed by atoms with E-state index < -0.39 is 47.1 Å². The van der Waals surface area contributed by atoms with E-state index in [4.69, 9.17) is 34.5 Å². The molecule has 2 aliphatic heterocycles. The lowest BCUT2D eigenvalue weighted by Crippen LogP contribution is -2.59. The van der Waals surface area contributed by atoms with Crippen LogP contribution in [0.2, 0.25) is 0 Å². The van der Waals surface area contributed by atoms with Crippen LogP contribution in [0.4, 0.5) is 4.20 Å². The molecule has 12 atom stereocenters. The van der Waals surface area contributed by atoms with E-state index in [9.17, 15) is 42.6 Å². The third-order valence-electron chi connectivity index (χ3n) is 16.0. The minimum absolute atomic E-state index is 0. The van der Waals surface area contributed by atoms with Crippen molar-refractivity contribution in [2.45, 2.75) is 228 Å². The monoisotopic (exact) mass is 1350 g/mol. The van der Waals surface area contributed by atoms with E-state index >= 15 is 0 Å². The van der Waals surface area contributed by atoms with Crippen LogP contribution in [0.25, 0.3) is 10.4 Å². The van der Waals surface area contributed by atoms with Gasteiger partial charge in [-0.05, 0) is 108 Å². The molecule has 4 rings (SSSR count). The molecule has 0 radical (unpaired) electrons. The maximum atomic E-state index is 14.3. The van der Waals surface area contributed by atoms with Gasteiger partial charge in [-0.2, -0.15) is 0 Å². The molecule has 2 aromatic heterocycles. The van der Waals surface area contributed by atoms with Crippen molar-refractivity contribution in [1.82, 2.24) is 34.9 Å². The molecule has 0 aliphatic carbocycles. The molecule has 0 bridgehead atoms. The smallest absolute Gasteiger partial charge is 0.357 e. The number of halogens is 1. The van der Waals surface area contributed by atoms with Gasteiger partial charge in [-0.15, -0.1) is 22.7 Å². The van der Waals surface area contributed by atoms with Crippen LogP contribution in [0.3, 0.4) is 0 Å². The Morgan fingerprint density at radius 3 is 1.47 bits per heavy atom. The second-order valence-corrected chi connectivity index (χ2v) is 26.8. The number of nitrogens with zero attached hydrogens (tertiary/aromatic N) is 9. The number of likely N-dealkylation sites (N-methyl/N-ethyl adjacent to an activating group) is 2. The van der Waals surface area contributed by atoms with Gasteiger partial charge in [-0.1, -0.05) is 121 Å². The van der Waals surface area contributed by atoms with E-state index in [-0.39, 0.29) is 134 Å². The number of hydrogen-bond donors (Lipinski definition) is 3. The number of carboxylic acids is 1. The quantitative estimate of drug-likeness (QED) is 0.0120. The number of nitrogens with one attached hydrogen (secondary N) is 1. The third kappa shape index (κ3) is 28.9. The van der Waals surface area contributed by atoms with Gasteiger partial charge in [0.2, 0.25) is 17.7 Å². The number of piperidine rings is 2. The fourth-order valence-electron chi connectivity index (χ4n) is 10.1. The van der Waals surface area contributed by atoms with E-state index in [1.807, 2.05) is 102 Å². The molecule has 24 nitrogen and oxygen atoms in total. The van der Waals surface area contributed by atoms with Crippen molar-refractivity contribution in [3.63, 3.8) is 0 Å². The number of methoxy groups -OCH3 is 2. The van der Waals surface area contributed by atoms with Gasteiger partial charge in [-0.25, -0.2) is 23.8 Å². The predicted molar refractivity (Wildman–Crippen MR) is 354 cm³/mol. The summed E-state index contributed by atoms with van der Waals surface area (Å²) >= 11 is 2.73.